The molecule has 0 aromatic carbocycles. The van der Waals surface area contributed by atoms with Gasteiger partial charge in [-0.05, 0) is 18.8 Å². The standard InChI is InChI=1S/C8H16N2.C2HF3O2/c1-6-4-8(2,3)5-7(9)10-6;3-2(4,5)1(6)7/h6H,4-5H2,1-3H3,(H2,9,10);(H,6,7). The molecule has 0 radical (unpaired) electrons. The minimum absolute atomic E-state index is 0.366. The van der Waals surface area contributed by atoms with E-state index >= 15 is 0 Å². The van der Waals surface area contributed by atoms with Crippen molar-refractivity contribution in [3.05, 3.63) is 0 Å². The van der Waals surface area contributed by atoms with Gasteiger partial charge in [-0.15, -0.1) is 0 Å². The molecule has 0 saturated carbocycles. The third-order valence-corrected chi connectivity index (χ3v) is 2.14. The van der Waals surface area contributed by atoms with Crippen LogP contribution in [0.15, 0.2) is 4.99 Å². The lowest BCUT2D eigenvalue weighted by Crippen LogP contribution is -2.31. The molecule has 100 valence electrons. The first-order valence-corrected chi connectivity index (χ1v) is 5.06. The molecule has 4 nitrogen and oxygen atoms in total. The summed E-state index contributed by atoms with van der Waals surface area (Å²) in [4.78, 5) is 13.2. The van der Waals surface area contributed by atoms with E-state index in [2.05, 4.69) is 25.8 Å². The van der Waals surface area contributed by atoms with E-state index in [9.17, 15) is 13.2 Å². The molecular weight excluding hydrogens is 237 g/mol. The van der Waals surface area contributed by atoms with Gasteiger partial charge in [0, 0.05) is 12.5 Å². The number of amidine groups is 1. The topological polar surface area (TPSA) is 75.7 Å². The summed E-state index contributed by atoms with van der Waals surface area (Å²) in [6.45, 7) is 6.60. The molecule has 17 heavy (non-hydrogen) atoms. The molecule has 7 heteroatoms. The van der Waals surface area contributed by atoms with Crippen molar-refractivity contribution in [3.63, 3.8) is 0 Å². The Morgan fingerprint density at radius 3 is 2.18 bits per heavy atom. The van der Waals surface area contributed by atoms with Crippen LogP contribution in [0.3, 0.4) is 0 Å². The summed E-state index contributed by atoms with van der Waals surface area (Å²) in [6, 6.07) is 0.420. The SMILES string of the molecule is CC1CC(C)(C)CC(N)=N1.O=C(O)C(F)(F)F. The maximum atomic E-state index is 10.6. The van der Waals surface area contributed by atoms with Gasteiger partial charge < -0.3 is 10.8 Å². The highest BCUT2D eigenvalue weighted by atomic mass is 19.4. The smallest absolute Gasteiger partial charge is 0.475 e. The minimum atomic E-state index is -5.08. The molecule has 1 rings (SSSR count). The fourth-order valence-corrected chi connectivity index (χ4v) is 1.74. The van der Waals surface area contributed by atoms with Gasteiger partial charge in [-0.1, -0.05) is 13.8 Å². The van der Waals surface area contributed by atoms with Crippen LogP contribution in [0, 0.1) is 5.41 Å². The van der Waals surface area contributed by atoms with Crippen molar-refractivity contribution in [1.29, 1.82) is 0 Å². The first-order chi connectivity index (χ1) is 7.44. The molecule has 0 fully saturated rings. The predicted molar refractivity (Wildman–Crippen MR) is 57.8 cm³/mol. The van der Waals surface area contributed by atoms with Crippen LogP contribution in [0.4, 0.5) is 13.2 Å². The summed E-state index contributed by atoms with van der Waals surface area (Å²) in [5.41, 5.74) is 6.02. The van der Waals surface area contributed by atoms with Crippen molar-refractivity contribution in [2.45, 2.75) is 45.8 Å². The number of carboxylic acid groups (broad SMARTS) is 1. The number of aliphatic imine (C=N–C) groups is 1. The van der Waals surface area contributed by atoms with Crippen LogP contribution in [0.5, 0.6) is 0 Å². The number of aliphatic carboxylic acids is 1. The summed E-state index contributed by atoms with van der Waals surface area (Å²) >= 11 is 0. The quantitative estimate of drug-likeness (QED) is 0.695. The molecule has 0 amide bonds. The number of carboxylic acids is 1. The highest BCUT2D eigenvalue weighted by Crippen LogP contribution is 2.30. The van der Waals surface area contributed by atoms with Gasteiger partial charge in [0.05, 0.1) is 5.84 Å². The molecule has 0 aromatic rings. The lowest BCUT2D eigenvalue weighted by molar-refractivity contribution is -0.192. The largest absolute Gasteiger partial charge is 0.490 e. The molecular formula is C10H17F3N2O2. The molecule has 0 spiro atoms. The maximum absolute atomic E-state index is 10.6. The fraction of sp³-hybridized carbons (Fsp3) is 0.800. The van der Waals surface area contributed by atoms with E-state index in [4.69, 9.17) is 15.6 Å². The number of alkyl halides is 3. The summed E-state index contributed by atoms with van der Waals surface area (Å²) < 4.78 is 31.7. The average molecular weight is 254 g/mol. The van der Waals surface area contributed by atoms with E-state index in [1.165, 1.54) is 0 Å². The van der Waals surface area contributed by atoms with Gasteiger partial charge in [0.15, 0.2) is 0 Å². The summed E-state index contributed by atoms with van der Waals surface area (Å²) in [5.74, 6) is -1.93. The molecule has 1 unspecified atom stereocenters. The summed E-state index contributed by atoms with van der Waals surface area (Å²) in [5, 5.41) is 7.12. The molecule has 1 atom stereocenters. The normalized spacial score (nSPS) is 23.2. The Balaban J connectivity index is 0.000000325. The number of nitrogens with two attached hydrogens (primary N) is 1. The van der Waals surface area contributed by atoms with Crippen molar-refractivity contribution in [2.24, 2.45) is 16.1 Å². The van der Waals surface area contributed by atoms with Crippen molar-refractivity contribution in [2.75, 3.05) is 0 Å². The zero-order valence-corrected chi connectivity index (χ0v) is 10.0. The lowest BCUT2D eigenvalue weighted by Gasteiger charge is -2.30. The Hall–Kier alpha value is -1.27. The number of nitrogens with zero attached hydrogens (tertiary/aromatic N) is 1. The van der Waals surface area contributed by atoms with Crippen LogP contribution in [0.2, 0.25) is 0 Å². The van der Waals surface area contributed by atoms with Gasteiger partial charge >= 0.3 is 12.1 Å². The van der Waals surface area contributed by atoms with E-state index < -0.39 is 12.1 Å². The molecule has 0 bridgehead atoms. The van der Waals surface area contributed by atoms with Crippen molar-refractivity contribution in [3.8, 4) is 0 Å². The van der Waals surface area contributed by atoms with Crippen LogP contribution in [0.25, 0.3) is 0 Å². The zero-order chi connectivity index (χ0) is 13.9. The second kappa shape index (κ2) is 5.37. The number of halogens is 3. The second-order valence-electron chi connectivity index (χ2n) is 4.82. The number of hydrogen-bond donors (Lipinski definition) is 2. The fourth-order valence-electron chi connectivity index (χ4n) is 1.74. The number of carbonyl (C=O) groups is 1. The van der Waals surface area contributed by atoms with Crippen LogP contribution < -0.4 is 5.73 Å². The van der Waals surface area contributed by atoms with Gasteiger partial charge in [-0.3, -0.25) is 4.99 Å². The Labute approximate surface area is 97.7 Å². The van der Waals surface area contributed by atoms with Gasteiger partial charge in [-0.25, -0.2) is 4.79 Å². The maximum Gasteiger partial charge on any atom is 0.490 e. The van der Waals surface area contributed by atoms with E-state index in [-0.39, 0.29) is 0 Å². The van der Waals surface area contributed by atoms with Gasteiger partial charge in [0.2, 0.25) is 0 Å². The Bertz CT molecular complexity index is 311. The zero-order valence-electron chi connectivity index (χ0n) is 10.0. The van der Waals surface area contributed by atoms with E-state index in [1.54, 1.807) is 0 Å². The highest BCUT2D eigenvalue weighted by molar-refractivity contribution is 5.81. The van der Waals surface area contributed by atoms with E-state index in [1.807, 2.05) is 0 Å². The van der Waals surface area contributed by atoms with Crippen LogP contribution >= 0.6 is 0 Å². The van der Waals surface area contributed by atoms with Crippen molar-refractivity contribution >= 4 is 11.8 Å². The summed E-state index contributed by atoms with van der Waals surface area (Å²) in [7, 11) is 0. The van der Waals surface area contributed by atoms with Gasteiger partial charge in [-0.2, -0.15) is 13.2 Å². The third kappa shape index (κ3) is 6.80. The summed E-state index contributed by atoms with van der Waals surface area (Å²) in [6.07, 6.45) is -2.97. The third-order valence-electron chi connectivity index (χ3n) is 2.14. The molecule has 0 aromatic heterocycles. The first-order valence-electron chi connectivity index (χ1n) is 5.06. The van der Waals surface area contributed by atoms with Crippen LogP contribution in [-0.4, -0.2) is 29.1 Å². The average Bonchev–Trinajstić information content (AvgIpc) is 1.96. The van der Waals surface area contributed by atoms with Gasteiger partial charge in [0.1, 0.15) is 0 Å². The van der Waals surface area contributed by atoms with E-state index in [0.717, 1.165) is 18.7 Å². The number of hydrogen-bond acceptors (Lipinski definition) is 3. The molecule has 1 aliphatic heterocycles. The minimum Gasteiger partial charge on any atom is -0.475 e. The predicted octanol–water partition coefficient (Wildman–Crippen LogP) is 2.19. The van der Waals surface area contributed by atoms with Crippen molar-refractivity contribution in [1.82, 2.24) is 0 Å². The highest BCUT2D eigenvalue weighted by Gasteiger charge is 2.38. The number of rotatable bonds is 0. The Morgan fingerprint density at radius 1 is 1.53 bits per heavy atom. The van der Waals surface area contributed by atoms with Crippen molar-refractivity contribution < 1.29 is 23.1 Å². The second-order valence-corrected chi connectivity index (χ2v) is 4.82. The molecule has 3 N–H and O–H groups in total. The van der Waals surface area contributed by atoms with Crippen LogP contribution in [-0.2, 0) is 4.79 Å². The first kappa shape index (κ1) is 15.7. The molecule has 1 heterocycles. The molecule has 1 aliphatic rings. The van der Waals surface area contributed by atoms with E-state index in [0.29, 0.717) is 11.5 Å². The lowest BCUT2D eigenvalue weighted by atomic mass is 9.81. The molecule has 0 saturated heterocycles. The molecule has 0 aliphatic carbocycles. The van der Waals surface area contributed by atoms with Gasteiger partial charge in [0.25, 0.3) is 0 Å². The Morgan fingerprint density at radius 2 is 1.94 bits per heavy atom. The monoisotopic (exact) mass is 254 g/mol. The van der Waals surface area contributed by atoms with Crippen LogP contribution in [0.1, 0.15) is 33.6 Å². The Kier molecular flexibility index (Phi) is 4.97.